The smallest absolute Gasteiger partial charge is 0.332 e. The molecule has 0 heterocycles. The van der Waals surface area contributed by atoms with E-state index < -0.39 is 12.1 Å². The molecule has 1 unspecified atom stereocenters. The molecule has 0 aliphatic heterocycles. The van der Waals surface area contributed by atoms with Crippen molar-refractivity contribution in [2.45, 2.75) is 32.3 Å². The van der Waals surface area contributed by atoms with Crippen molar-refractivity contribution in [2.24, 2.45) is 0 Å². The van der Waals surface area contributed by atoms with Crippen LogP contribution in [0.1, 0.15) is 25.3 Å². The molecule has 1 atom stereocenters. The first-order valence-corrected chi connectivity index (χ1v) is 5.76. The zero-order chi connectivity index (χ0) is 12.7. The summed E-state index contributed by atoms with van der Waals surface area (Å²) in [6.07, 6.45) is 0.443. The van der Waals surface area contributed by atoms with Crippen LogP contribution in [0.4, 0.5) is 0 Å². The molecule has 0 amide bonds. The van der Waals surface area contributed by atoms with Gasteiger partial charge in [0.25, 0.3) is 0 Å². The third-order valence-electron chi connectivity index (χ3n) is 2.46. The average molecular weight is 238 g/mol. The summed E-state index contributed by atoms with van der Waals surface area (Å²) < 4.78 is 5.32. The number of benzene rings is 1. The van der Waals surface area contributed by atoms with Gasteiger partial charge >= 0.3 is 5.97 Å². The van der Waals surface area contributed by atoms with E-state index in [1.807, 2.05) is 31.2 Å². The number of aryl methyl sites for hydroxylation is 1. The highest BCUT2D eigenvalue weighted by molar-refractivity contribution is 5.71. The summed E-state index contributed by atoms with van der Waals surface area (Å²) in [7, 11) is 0. The summed E-state index contributed by atoms with van der Waals surface area (Å²) in [5, 5.41) is 17.6. The van der Waals surface area contributed by atoms with Gasteiger partial charge in [-0.05, 0) is 43.9 Å². The number of carboxylic acid groups (broad SMARTS) is 1. The van der Waals surface area contributed by atoms with E-state index in [9.17, 15) is 4.79 Å². The molecule has 4 nitrogen and oxygen atoms in total. The van der Waals surface area contributed by atoms with Crippen molar-refractivity contribution in [1.29, 1.82) is 0 Å². The number of hydrogen-bond donors (Lipinski definition) is 2. The quantitative estimate of drug-likeness (QED) is 0.760. The zero-order valence-corrected chi connectivity index (χ0v) is 9.93. The molecular weight excluding hydrogens is 220 g/mol. The number of carboxylic acids is 1. The van der Waals surface area contributed by atoms with Crippen LogP contribution in [-0.4, -0.2) is 28.9 Å². The maximum absolute atomic E-state index is 10.4. The standard InChI is InChI=1S/C13H18O4/c1-2-17-11-8-6-10(7-9-11)4-3-5-12(14)13(15)16/h6-9,12,14H,2-5H2,1H3,(H,15,16). The highest BCUT2D eigenvalue weighted by atomic mass is 16.5. The van der Waals surface area contributed by atoms with Crippen molar-refractivity contribution in [3.63, 3.8) is 0 Å². The summed E-state index contributed by atoms with van der Waals surface area (Å²) in [6.45, 7) is 2.57. The lowest BCUT2D eigenvalue weighted by Gasteiger charge is -2.06. The minimum Gasteiger partial charge on any atom is -0.494 e. The fraction of sp³-hybridized carbons (Fsp3) is 0.462. The average Bonchev–Trinajstić information content (AvgIpc) is 2.31. The molecule has 0 saturated carbocycles. The molecule has 0 spiro atoms. The second kappa shape index (κ2) is 6.91. The Hall–Kier alpha value is -1.55. The molecule has 17 heavy (non-hydrogen) atoms. The maximum atomic E-state index is 10.4. The van der Waals surface area contributed by atoms with Crippen LogP contribution in [-0.2, 0) is 11.2 Å². The number of carbonyl (C=O) groups is 1. The molecule has 94 valence electrons. The summed E-state index contributed by atoms with van der Waals surface area (Å²) in [5.74, 6) is -0.321. The van der Waals surface area contributed by atoms with Gasteiger partial charge in [-0.1, -0.05) is 12.1 Å². The van der Waals surface area contributed by atoms with E-state index >= 15 is 0 Å². The molecule has 0 fully saturated rings. The van der Waals surface area contributed by atoms with Gasteiger partial charge in [-0.25, -0.2) is 4.79 Å². The Morgan fingerprint density at radius 2 is 2.00 bits per heavy atom. The molecule has 0 radical (unpaired) electrons. The van der Waals surface area contributed by atoms with Crippen LogP contribution in [0.25, 0.3) is 0 Å². The maximum Gasteiger partial charge on any atom is 0.332 e. The van der Waals surface area contributed by atoms with Gasteiger partial charge in [0.15, 0.2) is 6.10 Å². The molecular formula is C13H18O4. The van der Waals surface area contributed by atoms with E-state index in [0.717, 1.165) is 17.7 Å². The molecule has 1 aromatic rings. The number of aliphatic hydroxyl groups is 1. The van der Waals surface area contributed by atoms with Gasteiger partial charge in [0, 0.05) is 0 Å². The SMILES string of the molecule is CCOc1ccc(CCCC(O)C(=O)O)cc1. The van der Waals surface area contributed by atoms with Crippen molar-refractivity contribution in [3.05, 3.63) is 29.8 Å². The first-order valence-electron chi connectivity index (χ1n) is 5.76. The topological polar surface area (TPSA) is 66.8 Å². The van der Waals surface area contributed by atoms with Crippen LogP contribution in [0.15, 0.2) is 24.3 Å². The van der Waals surface area contributed by atoms with Crippen molar-refractivity contribution in [3.8, 4) is 5.75 Å². The van der Waals surface area contributed by atoms with Gasteiger partial charge in [0.05, 0.1) is 6.61 Å². The number of aliphatic hydroxyl groups excluding tert-OH is 1. The van der Waals surface area contributed by atoms with E-state index in [1.165, 1.54) is 0 Å². The second-order valence-corrected chi connectivity index (χ2v) is 3.82. The number of aliphatic carboxylic acids is 1. The van der Waals surface area contributed by atoms with Crippen molar-refractivity contribution in [2.75, 3.05) is 6.61 Å². The van der Waals surface area contributed by atoms with Gasteiger partial charge in [-0.15, -0.1) is 0 Å². The van der Waals surface area contributed by atoms with Crippen LogP contribution >= 0.6 is 0 Å². The first kappa shape index (κ1) is 13.5. The Balaban J connectivity index is 2.34. The Kier molecular flexibility index (Phi) is 5.49. The minimum atomic E-state index is -1.25. The number of rotatable bonds is 7. The van der Waals surface area contributed by atoms with Gasteiger partial charge in [-0.3, -0.25) is 0 Å². The lowest BCUT2D eigenvalue weighted by Crippen LogP contribution is -2.19. The molecule has 0 saturated heterocycles. The van der Waals surface area contributed by atoms with Crippen molar-refractivity contribution >= 4 is 5.97 Å². The van der Waals surface area contributed by atoms with Crippen molar-refractivity contribution < 1.29 is 19.7 Å². The van der Waals surface area contributed by atoms with E-state index in [2.05, 4.69) is 0 Å². The largest absolute Gasteiger partial charge is 0.494 e. The molecule has 2 N–H and O–H groups in total. The van der Waals surface area contributed by atoms with E-state index in [1.54, 1.807) is 0 Å². The normalized spacial score (nSPS) is 12.1. The highest BCUT2D eigenvalue weighted by Gasteiger charge is 2.11. The Labute approximate surface area is 101 Å². The lowest BCUT2D eigenvalue weighted by atomic mass is 10.1. The van der Waals surface area contributed by atoms with Crippen LogP contribution < -0.4 is 4.74 Å². The second-order valence-electron chi connectivity index (χ2n) is 3.82. The van der Waals surface area contributed by atoms with E-state index in [0.29, 0.717) is 13.0 Å². The first-order chi connectivity index (χ1) is 8.13. The molecule has 0 bridgehead atoms. The summed E-state index contributed by atoms with van der Waals surface area (Å²) in [5.41, 5.74) is 1.12. The van der Waals surface area contributed by atoms with E-state index in [4.69, 9.17) is 14.9 Å². The highest BCUT2D eigenvalue weighted by Crippen LogP contribution is 2.14. The fourth-order valence-electron chi connectivity index (χ4n) is 1.54. The van der Waals surface area contributed by atoms with Gasteiger partial charge in [0.2, 0.25) is 0 Å². The van der Waals surface area contributed by atoms with Gasteiger partial charge in [-0.2, -0.15) is 0 Å². The van der Waals surface area contributed by atoms with Gasteiger partial charge in [0.1, 0.15) is 5.75 Å². The molecule has 0 aromatic heterocycles. The fourth-order valence-corrected chi connectivity index (χ4v) is 1.54. The van der Waals surface area contributed by atoms with Crippen LogP contribution in [0.3, 0.4) is 0 Å². The van der Waals surface area contributed by atoms with Crippen LogP contribution in [0, 0.1) is 0 Å². The Bertz CT molecular complexity index is 345. The summed E-state index contributed by atoms with van der Waals surface area (Å²) in [6, 6.07) is 7.70. The zero-order valence-electron chi connectivity index (χ0n) is 9.93. The summed E-state index contributed by atoms with van der Waals surface area (Å²) in [4.78, 5) is 10.4. The lowest BCUT2D eigenvalue weighted by molar-refractivity contribution is -0.146. The number of ether oxygens (including phenoxy) is 1. The van der Waals surface area contributed by atoms with Gasteiger partial charge < -0.3 is 14.9 Å². The Morgan fingerprint density at radius 1 is 1.35 bits per heavy atom. The molecule has 1 rings (SSSR count). The summed E-state index contributed by atoms with van der Waals surface area (Å²) >= 11 is 0. The molecule has 1 aromatic carbocycles. The predicted molar refractivity (Wildman–Crippen MR) is 64.2 cm³/mol. The monoisotopic (exact) mass is 238 g/mol. The third kappa shape index (κ3) is 4.87. The molecule has 4 heteroatoms. The molecule has 0 aliphatic carbocycles. The van der Waals surface area contributed by atoms with Crippen molar-refractivity contribution in [1.82, 2.24) is 0 Å². The van der Waals surface area contributed by atoms with E-state index in [-0.39, 0.29) is 6.42 Å². The molecule has 0 aliphatic rings. The number of hydrogen-bond acceptors (Lipinski definition) is 3. The Morgan fingerprint density at radius 3 is 2.53 bits per heavy atom. The minimum absolute atomic E-state index is 0.280. The van der Waals surface area contributed by atoms with Crippen LogP contribution in [0.2, 0.25) is 0 Å². The third-order valence-corrected chi connectivity index (χ3v) is 2.46. The predicted octanol–water partition coefficient (Wildman–Crippen LogP) is 1.85. The van der Waals surface area contributed by atoms with Crippen LogP contribution in [0.5, 0.6) is 5.75 Å².